The lowest BCUT2D eigenvalue weighted by Crippen LogP contribution is -2.46. The van der Waals surface area contributed by atoms with E-state index in [4.69, 9.17) is 11.5 Å². The number of pyridine rings is 4. The van der Waals surface area contributed by atoms with Crippen LogP contribution in [0.5, 0.6) is 0 Å². The number of nitrogens with two attached hydrogens (primary N) is 2. The minimum absolute atomic E-state index is 0.206. The van der Waals surface area contributed by atoms with Crippen molar-refractivity contribution < 1.29 is 19.2 Å². The van der Waals surface area contributed by atoms with Gasteiger partial charge >= 0.3 is 23.6 Å². The molecule has 0 radical (unpaired) electrons. The molecule has 0 unspecified atom stereocenters. The lowest BCUT2D eigenvalue weighted by Gasteiger charge is -2.38. The van der Waals surface area contributed by atoms with Gasteiger partial charge in [0.1, 0.15) is 11.6 Å². The molecular weight excluding hydrogens is 741 g/mol. The summed E-state index contributed by atoms with van der Waals surface area (Å²) in [6.07, 6.45) is 13.3. The van der Waals surface area contributed by atoms with Crippen LogP contribution in [0.15, 0.2) is 61.4 Å². The number of H-pyrrole nitrogens is 2. The van der Waals surface area contributed by atoms with Crippen molar-refractivity contribution >= 4 is 68.7 Å². The Hall–Kier alpha value is -6.98. The summed E-state index contributed by atoms with van der Waals surface area (Å²) >= 11 is 0. The number of carbonyl (C=O) groups is 4. The average Bonchev–Trinajstić information content (AvgIpc) is 3.89. The minimum Gasteiger partial charge on any atom is -0.383 e. The highest BCUT2D eigenvalue weighted by molar-refractivity contribution is 6.40. The van der Waals surface area contributed by atoms with Crippen molar-refractivity contribution in [2.45, 2.75) is 65.5 Å². The second-order valence-corrected chi connectivity index (χ2v) is 15.2. The minimum atomic E-state index is -0.688. The SMILES string of the molecule is Cc1cc(NC(=O)C(=O)N2C[C@@H](C)CC[C@@H]2c2cnc3[nH]ncc3c2)cnc1N.Cc1cc(NC(=O)C(=O)N2C[C@H](C)CC[C@H]2c2cnc3[nH]ncc3c2)cnc1N. The molecule has 2 aliphatic rings. The molecule has 58 heavy (non-hydrogen) atoms. The van der Waals surface area contributed by atoms with Crippen LogP contribution in [-0.2, 0) is 19.2 Å². The van der Waals surface area contributed by atoms with E-state index in [2.05, 4.69) is 64.8 Å². The molecule has 0 aromatic carbocycles. The third kappa shape index (κ3) is 8.54. The Bertz CT molecular complexity index is 2330. The number of aromatic nitrogens is 8. The maximum atomic E-state index is 13.0. The van der Waals surface area contributed by atoms with E-state index in [1.807, 2.05) is 12.1 Å². The highest BCUT2D eigenvalue weighted by atomic mass is 16.2. The molecule has 300 valence electrons. The highest BCUT2D eigenvalue weighted by Gasteiger charge is 2.36. The summed E-state index contributed by atoms with van der Waals surface area (Å²) in [5.41, 5.74) is 17.0. The molecule has 4 amide bonds. The molecule has 8 heterocycles. The van der Waals surface area contributed by atoms with E-state index in [0.29, 0.717) is 59.2 Å². The number of nitrogens with one attached hydrogen (secondary N) is 4. The van der Waals surface area contributed by atoms with Gasteiger partial charge in [0, 0.05) is 36.3 Å². The summed E-state index contributed by atoms with van der Waals surface area (Å²) in [6.45, 7) is 8.78. The Morgan fingerprint density at radius 2 is 1.02 bits per heavy atom. The van der Waals surface area contributed by atoms with Crippen LogP contribution in [0.25, 0.3) is 22.1 Å². The predicted molar refractivity (Wildman–Crippen MR) is 218 cm³/mol. The lowest BCUT2D eigenvalue weighted by atomic mass is 9.90. The number of nitrogens with zero attached hydrogens (tertiary/aromatic N) is 8. The van der Waals surface area contributed by atoms with Gasteiger partial charge < -0.3 is 31.9 Å². The molecule has 8 N–H and O–H groups in total. The molecule has 4 atom stereocenters. The van der Waals surface area contributed by atoms with Gasteiger partial charge in [0.15, 0.2) is 11.3 Å². The summed E-state index contributed by atoms with van der Waals surface area (Å²) < 4.78 is 0. The van der Waals surface area contributed by atoms with Gasteiger partial charge in [0.25, 0.3) is 0 Å². The number of aryl methyl sites for hydroxylation is 2. The van der Waals surface area contributed by atoms with Crippen LogP contribution < -0.4 is 22.1 Å². The highest BCUT2D eigenvalue weighted by Crippen LogP contribution is 2.35. The zero-order chi connectivity index (χ0) is 41.1. The van der Waals surface area contributed by atoms with Crippen molar-refractivity contribution in [2.24, 2.45) is 11.8 Å². The van der Waals surface area contributed by atoms with Crippen LogP contribution >= 0.6 is 0 Å². The quantitative estimate of drug-likeness (QED) is 0.136. The van der Waals surface area contributed by atoms with Gasteiger partial charge in [-0.1, -0.05) is 13.8 Å². The Morgan fingerprint density at radius 1 is 0.603 bits per heavy atom. The molecule has 6 aromatic heterocycles. The van der Waals surface area contributed by atoms with Crippen LogP contribution in [-0.4, -0.2) is 86.8 Å². The van der Waals surface area contributed by atoms with Crippen LogP contribution in [0.1, 0.15) is 73.9 Å². The molecule has 2 aliphatic heterocycles. The standard InChI is InChI=1S/2C20H23N7O2/c2*1-11-3-4-16(13-6-14-8-24-26-18(14)23-7-13)27(10-11)20(29)19(28)25-15-5-12(2)17(21)22-9-15/h2*5-9,11,16H,3-4,10H2,1-2H3,(H2,21,22)(H,25,28)(H,23,24,26)/t2*11-,16+/m10/s1. The number of nitrogen functional groups attached to an aromatic ring is 2. The van der Waals surface area contributed by atoms with E-state index in [-0.39, 0.29) is 12.1 Å². The summed E-state index contributed by atoms with van der Waals surface area (Å²) in [4.78, 5) is 71.5. The van der Waals surface area contributed by atoms with Crippen molar-refractivity contribution in [1.29, 1.82) is 0 Å². The summed E-state index contributed by atoms with van der Waals surface area (Å²) in [5, 5.41) is 20.7. The molecule has 2 saturated heterocycles. The molecule has 0 spiro atoms. The molecule has 6 aromatic rings. The first-order chi connectivity index (χ1) is 27.8. The summed E-state index contributed by atoms with van der Waals surface area (Å²) in [5.74, 6) is -1.10. The zero-order valence-electron chi connectivity index (χ0n) is 32.7. The number of anilines is 4. The van der Waals surface area contributed by atoms with Crippen molar-refractivity contribution in [1.82, 2.24) is 50.1 Å². The molecular formula is C40H46N14O4. The monoisotopic (exact) mass is 786 g/mol. The van der Waals surface area contributed by atoms with Crippen LogP contribution in [0, 0.1) is 25.7 Å². The molecule has 8 rings (SSSR count). The molecule has 18 heteroatoms. The van der Waals surface area contributed by atoms with Crippen LogP contribution in [0.3, 0.4) is 0 Å². The first kappa shape index (κ1) is 39.3. The molecule has 0 bridgehead atoms. The average molecular weight is 787 g/mol. The number of hydrogen-bond donors (Lipinski definition) is 6. The Labute approximate surface area is 333 Å². The second-order valence-electron chi connectivity index (χ2n) is 15.2. The first-order valence-electron chi connectivity index (χ1n) is 19.1. The van der Waals surface area contributed by atoms with E-state index >= 15 is 0 Å². The largest absolute Gasteiger partial charge is 0.383 e. The Morgan fingerprint density at radius 3 is 1.41 bits per heavy atom. The van der Waals surface area contributed by atoms with E-state index < -0.39 is 23.6 Å². The van der Waals surface area contributed by atoms with Crippen LogP contribution in [0.4, 0.5) is 23.0 Å². The van der Waals surface area contributed by atoms with Gasteiger partial charge in [-0.3, -0.25) is 29.4 Å². The van der Waals surface area contributed by atoms with Crippen LogP contribution in [0.2, 0.25) is 0 Å². The molecule has 0 aliphatic carbocycles. The fourth-order valence-electron chi connectivity index (χ4n) is 7.46. The van der Waals surface area contributed by atoms with Crippen molar-refractivity contribution in [3.63, 3.8) is 0 Å². The van der Waals surface area contributed by atoms with Gasteiger partial charge in [-0.2, -0.15) is 10.2 Å². The Kier molecular flexibility index (Phi) is 11.3. The second kappa shape index (κ2) is 16.6. The maximum Gasteiger partial charge on any atom is 0.313 e. The fourth-order valence-corrected chi connectivity index (χ4v) is 7.46. The van der Waals surface area contributed by atoms with E-state index in [9.17, 15) is 19.2 Å². The van der Waals surface area contributed by atoms with E-state index in [1.54, 1.807) is 60.6 Å². The van der Waals surface area contributed by atoms with Crippen molar-refractivity contribution in [2.75, 3.05) is 35.2 Å². The van der Waals surface area contributed by atoms with Gasteiger partial charge in [0.05, 0.1) is 48.2 Å². The molecule has 0 saturated carbocycles. The third-order valence-electron chi connectivity index (χ3n) is 10.7. The number of piperidine rings is 2. The number of rotatable bonds is 4. The van der Waals surface area contributed by atoms with Gasteiger partial charge in [-0.25, -0.2) is 19.9 Å². The molecule has 18 nitrogen and oxygen atoms in total. The molecule has 2 fully saturated rings. The van der Waals surface area contributed by atoms with E-state index in [0.717, 1.165) is 58.7 Å². The van der Waals surface area contributed by atoms with E-state index in [1.165, 1.54) is 12.4 Å². The van der Waals surface area contributed by atoms with Gasteiger partial charge in [-0.15, -0.1) is 0 Å². The maximum absolute atomic E-state index is 13.0. The third-order valence-corrected chi connectivity index (χ3v) is 10.7. The number of likely N-dealkylation sites (tertiary alicyclic amines) is 2. The normalized spacial score (nSPS) is 19.3. The number of carbonyl (C=O) groups excluding carboxylic acids is 4. The zero-order valence-corrected chi connectivity index (χ0v) is 32.7. The number of hydrogen-bond acceptors (Lipinski definition) is 12. The fraction of sp³-hybridized carbons (Fsp3) is 0.350. The first-order valence-corrected chi connectivity index (χ1v) is 19.1. The summed E-state index contributed by atoms with van der Waals surface area (Å²) in [7, 11) is 0. The smallest absolute Gasteiger partial charge is 0.313 e. The Balaban J connectivity index is 0.000000177. The summed E-state index contributed by atoms with van der Waals surface area (Å²) in [6, 6.07) is 6.92. The predicted octanol–water partition coefficient (Wildman–Crippen LogP) is 4.36. The van der Waals surface area contributed by atoms with Gasteiger partial charge in [-0.05, 0) is 97.9 Å². The number of aromatic amines is 2. The number of amides is 4. The van der Waals surface area contributed by atoms with Crippen molar-refractivity contribution in [3.8, 4) is 0 Å². The van der Waals surface area contributed by atoms with Gasteiger partial charge in [0.2, 0.25) is 0 Å². The van der Waals surface area contributed by atoms with Crippen molar-refractivity contribution in [3.05, 3.63) is 83.7 Å². The number of fused-ring (bicyclic) bond motifs is 2. The topological polar surface area (TPSA) is 260 Å². The lowest BCUT2D eigenvalue weighted by molar-refractivity contribution is -0.146.